The van der Waals surface area contributed by atoms with E-state index in [1.807, 2.05) is 19.0 Å². The van der Waals surface area contributed by atoms with Crippen molar-refractivity contribution in [3.63, 3.8) is 0 Å². The lowest BCUT2D eigenvalue weighted by molar-refractivity contribution is -0.131. The largest absolute Gasteiger partial charge is 0.355 e. The van der Waals surface area contributed by atoms with Gasteiger partial charge in [-0.1, -0.05) is 23.7 Å². The van der Waals surface area contributed by atoms with E-state index in [-0.39, 0.29) is 18.9 Å². The van der Waals surface area contributed by atoms with E-state index in [2.05, 4.69) is 10.6 Å². The van der Waals surface area contributed by atoms with Crippen LogP contribution in [0.4, 0.5) is 4.79 Å². The fraction of sp³-hybridized carbons (Fsp3) is 0.438. The molecular formula is C16H21ClN4O3. The summed E-state index contributed by atoms with van der Waals surface area (Å²) in [5.41, 5.74) is 0.791. The molecule has 1 aromatic rings. The van der Waals surface area contributed by atoms with Crippen LogP contribution in [-0.4, -0.2) is 60.9 Å². The van der Waals surface area contributed by atoms with Crippen molar-refractivity contribution in [1.29, 1.82) is 0 Å². The molecule has 2 N–H and O–H groups in total. The Morgan fingerprint density at radius 2 is 1.96 bits per heavy atom. The Kier molecular flexibility index (Phi) is 6.16. The number of likely N-dealkylation sites (N-methyl/N-ethyl adjacent to an activating group) is 1. The quantitative estimate of drug-likeness (QED) is 0.712. The van der Waals surface area contributed by atoms with E-state index < -0.39 is 18.0 Å². The maximum absolute atomic E-state index is 12.3. The summed E-state index contributed by atoms with van der Waals surface area (Å²) in [7, 11) is 3.81. The summed E-state index contributed by atoms with van der Waals surface area (Å²) in [5, 5.41) is 5.87. The molecule has 0 aromatic heterocycles. The van der Waals surface area contributed by atoms with E-state index in [4.69, 9.17) is 11.6 Å². The summed E-state index contributed by atoms with van der Waals surface area (Å²) < 4.78 is 0. The van der Waals surface area contributed by atoms with Gasteiger partial charge in [0.2, 0.25) is 5.91 Å². The van der Waals surface area contributed by atoms with Crippen LogP contribution >= 0.6 is 11.6 Å². The maximum atomic E-state index is 12.3. The summed E-state index contributed by atoms with van der Waals surface area (Å²) in [6.07, 6.45) is -0.0604. The number of benzene rings is 1. The number of carbonyl (C=O) groups excluding carboxylic acids is 3. The van der Waals surface area contributed by atoms with Crippen LogP contribution in [0.5, 0.6) is 0 Å². The maximum Gasteiger partial charge on any atom is 0.325 e. The molecule has 8 heteroatoms. The van der Waals surface area contributed by atoms with Crippen molar-refractivity contribution in [3.05, 3.63) is 34.9 Å². The second-order valence-electron chi connectivity index (χ2n) is 5.91. The van der Waals surface area contributed by atoms with Crippen LogP contribution in [0.3, 0.4) is 0 Å². The number of rotatable bonds is 7. The molecule has 24 heavy (non-hydrogen) atoms. The van der Waals surface area contributed by atoms with E-state index in [0.29, 0.717) is 18.1 Å². The summed E-state index contributed by atoms with van der Waals surface area (Å²) >= 11 is 5.82. The number of halogens is 1. The molecule has 1 saturated heterocycles. The van der Waals surface area contributed by atoms with Gasteiger partial charge in [0.05, 0.1) is 13.0 Å². The second-order valence-corrected chi connectivity index (χ2v) is 6.35. The van der Waals surface area contributed by atoms with E-state index in [1.54, 1.807) is 24.3 Å². The number of imide groups is 1. The van der Waals surface area contributed by atoms with Gasteiger partial charge in [0.25, 0.3) is 5.91 Å². The van der Waals surface area contributed by atoms with Crippen molar-refractivity contribution in [2.24, 2.45) is 0 Å². The van der Waals surface area contributed by atoms with E-state index in [1.165, 1.54) is 0 Å². The Labute approximate surface area is 145 Å². The fourth-order valence-corrected chi connectivity index (χ4v) is 2.44. The Morgan fingerprint density at radius 1 is 1.29 bits per heavy atom. The molecule has 7 nitrogen and oxygen atoms in total. The number of amides is 4. The summed E-state index contributed by atoms with van der Waals surface area (Å²) in [4.78, 5) is 39.2. The molecule has 1 heterocycles. The van der Waals surface area contributed by atoms with E-state index in [9.17, 15) is 14.4 Å². The van der Waals surface area contributed by atoms with Crippen molar-refractivity contribution in [3.8, 4) is 0 Å². The molecule has 1 aliphatic heterocycles. The standard InChI is InChI=1S/C16H21ClN4O3/c1-20(2)8-7-18-14(22)9-13-15(23)21(16(24)19-13)10-11-3-5-12(17)6-4-11/h3-6,13H,7-10H2,1-2H3,(H,18,22)(H,19,24)/t13-/m1/s1. The summed E-state index contributed by atoms with van der Waals surface area (Å²) in [6.45, 7) is 1.36. The zero-order valence-corrected chi connectivity index (χ0v) is 14.5. The average molecular weight is 353 g/mol. The summed E-state index contributed by atoms with van der Waals surface area (Å²) in [5.74, 6) is -0.651. The smallest absolute Gasteiger partial charge is 0.325 e. The lowest BCUT2D eigenvalue weighted by Crippen LogP contribution is -2.38. The fourth-order valence-electron chi connectivity index (χ4n) is 2.31. The Bertz CT molecular complexity index is 618. The first kappa shape index (κ1) is 18.2. The predicted molar refractivity (Wildman–Crippen MR) is 90.5 cm³/mol. The number of urea groups is 1. The van der Waals surface area contributed by atoms with Gasteiger partial charge in [0.15, 0.2) is 0 Å². The molecule has 0 bridgehead atoms. The van der Waals surface area contributed by atoms with Gasteiger partial charge in [-0.3, -0.25) is 14.5 Å². The third-order valence-electron chi connectivity index (χ3n) is 3.63. The highest BCUT2D eigenvalue weighted by Gasteiger charge is 2.38. The van der Waals surface area contributed by atoms with Gasteiger partial charge in [-0.15, -0.1) is 0 Å². The molecule has 4 amide bonds. The van der Waals surface area contributed by atoms with Crippen LogP contribution in [0.25, 0.3) is 0 Å². The molecule has 1 aromatic carbocycles. The van der Waals surface area contributed by atoms with Gasteiger partial charge in [0.1, 0.15) is 6.04 Å². The van der Waals surface area contributed by atoms with Gasteiger partial charge in [0, 0.05) is 18.1 Å². The zero-order chi connectivity index (χ0) is 17.7. The first-order chi connectivity index (χ1) is 11.4. The Morgan fingerprint density at radius 3 is 2.58 bits per heavy atom. The van der Waals surface area contributed by atoms with Crippen LogP contribution in [-0.2, 0) is 16.1 Å². The lowest BCUT2D eigenvalue weighted by atomic mass is 10.1. The molecule has 0 spiro atoms. The van der Waals surface area contributed by atoms with Crippen LogP contribution in [0.15, 0.2) is 24.3 Å². The van der Waals surface area contributed by atoms with Crippen LogP contribution in [0, 0.1) is 0 Å². The van der Waals surface area contributed by atoms with Crippen molar-refractivity contribution in [2.45, 2.75) is 19.0 Å². The van der Waals surface area contributed by atoms with Crippen molar-refractivity contribution < 1.29 is 14.4 Å². The molecule has 130 valence electrons. The number of carbonyl (C=O) groups is 3. The first-order valence-corrected chi connectivity index (χ1v) is 8.02. The van der Waals surface area contributed by atoms with Gasteiger partial charge in [-0.25, -0.2) is 4.79 Å². The van der Waals surface area contributed by atoms with Crippen molar-refractivity contribution in [1.82, 2.24) is 20.4 Å². The van der Waals surface area contributed by atoms with Gasteiger partial charge >= 0.3 is 6.03 Å². The molecule has 1 fully saturated rings. The highest BCUT2D eigenvalue weighted by molar-refractivity contribution is 6.30. The summed E-state index contributed by atoms with van der Waals surface area (Å²) in [6, 6.07) is 5.61. The molecule has 2 rings (SSSR count). The monoisotopic (exact) mass is 352 g/mol. The molecule has 0 radical (unpaired) electrons. The number of nitrogens with one attached hydrogen (secondary N) is 2. The third-order valence-corrected chi connectivity index (χ3v) is 3.88. The van der Waals surface area contributed by atoms with Crippen molar-refractivity contribution in [2.75, 3.05) is 27.2 Å². The third kappa shape index (κ3) is 4.94. The first-order valence-electron chi connectivity index (χ1n) is 7.64. The molecular weight excluding hydrogens is 332 g/mol. The minimum Gasteiger partial charge on any atom is -0.355 e. The number of hydrogen-bond donors (Lipinski definition) is 2. The average Bonchev–Trinajstić information content (AvgIpc) is 2.76. The van der Waals surface area contributed by atoms with Gasteiger partial charge in [-0.2, -0.15) is 0 Å². The van der Waals surface area contributed by atoms with Crippen molar-refractivity contribution >= 4 is 29.4 Å². The molecule has 1 aliphatic rings. The van der Waals surface area contributed by atoms with Crippen LogP contribution in [0.2, 0.25) is 5.02 Å². The minimum atomic E-state index is -0.816. The zero-order valence-electron chi connectivity index (χ0n) is 13.7. The van der Waals surface area contributed by atoms with Gasteiger partial charge < -0.3 is 15.5 Å². The highest BCUT2D eigenvalue weighted by atomic mass is 35.5. The SMILES string of the molecule is CN(C)CCNC(=O)C[C@H]1NC(=O)N(Cc2ccc(Cl)cc2)C1=O. The van der Waals surface area contributed by atoms with E-state index in [0.717, 1.165) is 10.5 Å². The topological polar surface area (TPSA) is 81.8 Å². The molecule has 0 saturated carbocycles. The Balaban J connectivity index is 1.88. The Hall–Kier alpha value is -2.12. The molecule has 0 aliphatic carbocycles. The minimum absolute atomic E-state index is 0.0604. The molecule has 0 unspecified atom stereocenters. The van der Waals surface area contributed by atoms with Crippen LogP contribution < -0.4 is 10.6 Å². The van der Waals surface area contributed by atoms with Crippen LogP contribution in [0.1, 0.15) is 12.0 Å². The van der Waals surface area contributed by atoms with E-state index >= 15 is 0 Å². The van der Waals surface area contributed by atoms with Gasteiger partial charge in [-0.05, 0) is 31.8 Å². The lowest BCUT2D eigenvalue weighted by Gasteiger charge is -2.13. The highest BCUT2D eigenvalue weighted by Crippen LogP contribution is 2.16. The molecule has 1 atom stereocenters. The number of nitrogens with zero attached hydrogens (tertiary/aromatic N) is 2. The number of hydrogen-bond acceptors (Lipinski definition) is 4. The normalized spacial score (nSPS) is 17.3. The second kappa shape index (κ2) is 8.12. The predicted octanol–water partition coefficient (Wildman–Crippen LogP) is 0.828.